The third-order valence-corrected chi connectivity index (χ3v) is 5.81. The Morgan fingerprint density at radius 3 is 2.59 bits per heavy atom. The Kier molecular flexibility index (Phi) is 5.91. The summed E-state index contributed by atoms with van der Waals surface area (Å²) in [6, 6.07) is 8.45. The van der Waals surface area contributed by atoms with Crippen molar-refractivity contribution in [1.82, 2.24) is 9.55 Å². The van der Waals surface area contributed by atoms with Crippen LogP contribution in [-0.4, -0.2) is 15.3 Å². The molecule has 0 aliphatic heterocycles. The number of fused-ring (bicyclic) bond motifs is 1. The molecule has 0 aliphatic rings. The van der Waals surface area contributed by atoms with Gasteiger partial charge in [0.05, 0.1) is 34.6 Å². The number of hydrogen-bond acceptors (Lipinski definition) is 4. The van der Waals surface area contributed by atoms with Gasteiger partial charge in [-0.15, -0.1) is 11.8 Å². The highest BCUT2D eigenvalue weighted by molar-refractivity contribution is 9.10. The molecule has 0 saturated carbocycles. The van der Waals surface area contributed by atoms with E-state index in [9.17, 15) is 22.8 Å². The minimum Gasteiger partial charge on any atom is -0.306 e. The summed E-state index contributed by atoms with van der Waals surface area (Å²) in [6.07, 6.45) is -4.64. The molecule has 0 fully saturated rings. The molecule has 0 aliphatic carbocycles. The number of nitrogens with one attached hydrogen (secondary N) is 1. The van der Waals surface area contributed by atoms with Crippen LogP contribution in [-0.2, 0) is 12.7 Å². The van der Waals surface area contributed by atoms with Crippen LogP contribution in [0.1, 0.15) is 23.6 Å². The molecule has 0 amide bonds. The van der Waals surface area contributed by atoms with Gasteiger partial charge >= 0.3 is 11.9 Å². The highest BCUT2D eigenvalue weighted by Crippen LogP contribution is 2.33. The summed E-state index contributed by atoms with van der Waals surface area (Å²) in [4.78, 5) is 28.6. The molecule has 0 bridgehead atoms. The molecule has 1 aromatic heterocycles. The Hall–Kier alpha value is -2.51. The van der Waals surface area contributed by atoms with E-state index in [-0.39, 0.29) is 21.9 Å². The number of H-pyrrole nitrogens is 1. The molecule has 0 atom stereocenters. The number of rotatable bonds is 4. The van der Waals surface area contributed by atoms with E-state index >= 15 is 0 Å². The highest BCUT2D eigenvalue weighted by Gasteiger charge is 2.32. The number of benzene rings is 2. The molecule has 1 heterocycles. The molecular weight excluding hydrogens is 471 g/mol. The van der Waals surface area contributed by atoms with Crippen molar-refractivity contribution in [1.29, 1.82) is 5.26 Å². The van der Waals surface area contributed by atoms with E-state index in [1.807, 2.05) is 13.0 Å². The van der Waals surface area contributed by atoms with Gasteiger partial charge in [0.2, 0.25) is 0 Å². The number of nitrogens with zero attached hydrogens (tertiary/aromatic N) is 2. The van der Waals surface area contributed by atoms with Crippen molar-refractivity contribution in [3.8, 4) is 6.07 Å². The zero-order valence-corrected chi connectivity index (χ0v) is 17.3. The lowest BCUT2D eigenvalue weighted by Gasteiger charge is -2.13. The van der Waals surface area contributed by atoms with Gasteiger partial charge in [0.25, 0.3) is 5.56 Å². The van der Waals surface area contributed by atoms with Crippen LogP contribution in [0.3, 0.4) is 0 Å². The lowest BCUT2D eigenvalue weighted by molar-refractivity contribution is -0.137. The molecule has 10 heteroatoms. The van der Waals surface area contributed by atoms with E-state index in [0.29, 0.717) is 11.1 Å². The minimum atomic E-state index is -4.64. The summed E-state index contributed by atoms with van der Waals surface area (Å²) in [5.74, 6) is 0.726. The summed E-state index contributed by atoms with van der Waals surface area (Å²) in [5, 5.41) is 8.87. The van der Waals surface area contributed by atoms with Crippen molar-refractivity contribution in [2.24, 2.45) is 0 Å². The second-order valence-electron chi connectivity index (χ2n) is 6.07. The molecule has 150 valence electrons. The zero-order valence-electron chi connectivity index (χ0n) is 14.9. The van der Waals surface area contributed by atoms with Crippen molar-refractivity contribution < 1.29 is 13.2 Å². The van der Waals surface area contributed by atoms with Gasteiger partial charge in [0.1, 0.15) is 0 Å². The smallest absolute Gasteiger partial charge is 0.306 e. The maximum atomic E-state index is 13.1. The summed E-state index contributed by atoms with van der Waals surface area (Å²) < 4.78 is 40.2. The Bertz CT molecular complexity index is 1260. The summed E-state index contributed by atoms with van der Waals surface area (Å²) in [6.45, 7) is 1.76. The topological polar surface area (TPSA) is 78.7 Å². The molecule has 29 heavy (non-hydrogen) atoms. The van der Waals surface area contributed by atoms with E-state index in [4.69, 9.17) is 5.26 Å². The Morgan fingerprint density at radius 1 is 1.24 bits per heavy atom. The van der Waals surface area contributed by atoms with Crippen LogP contribution in [0.5, 0.6) is 0 Å². The quantitative estimate of drug-likeness (QED) is 0.554. The van der Waals surface area contributed by atoms with Gasteiger partial charge in [-0.2, -0.15) is 18.4 Å². The number of nitriles is 1. The molecule has 5 nitrogen and oxygen atoms in total. The predicted molar refractivity (Wildman–Crippen MR) is 108 cm³/mol. The van der Waals surface area contributed by atoms with Gasteiger partial charge in [-0.05, 0) is 57.6 Å². The second-order valence-corrected chi connectivity index (χ2v) is 8.23. The lowest BCUT2D eigenvalue weighted by atomic mass is 10.1. The van der Waals surface area contributed by atoms with Gasteiger partial charge in [-0.1, -0.05) is 6.92 Å². The van der Waals surface area contributed by atoms with Crippen LogP contribution in [0, 0.1) is 11.3 Å². The molecule has 1 N–H and O–H groups in total. The van der Waals surface area contributed by atoms with Crippen LogP contribution in [0.15, 0.2) is 49.3 Å². The Balaban J connectivity index is 2.23. The highest BCUT2D eigenvalue weighted by atomic mass is 79.9. The first-order valence-corrected chi connectivity index (χ1v) is 10.1. The maximum absolute atomic E-state index is 13.1. The first kappa shape index (κ1) is 21.2. The standard InChI is InChI=1S/C19H13BrF3N3O2S/c1-2-29-15-4-3-10(8-24)5-11(15)9-26-17(27)13-6-12(19(21,22)23)7-14(20)16(13)25-18(26)28/h3-7H,2,9H2,1H3,(H,25,28). The number of aromatic amines is 1. The van der Waals surface area contributed by atoms with Gasteiger partial charge in [-0.3, -0.25) is 9.36 Å². The monoisotopic (exact) mass is 483 g/mol. The van der Waals surface area contributed by atoms with Crippen LogP contribution >= 0.6 is 27.7 Å². The van der Waals surface area contributed by atoms with Crippen molar-refractivity contribution in [2.45, 2.75) is 24.5 Å². The minimum absolute atomic E-state index is 0.00168. The molecule has 0 radical (unpaired) electrons. The number of hydrogen-bond donors (Lipinski definition) is 1. The summed E-state index contributed by atoms with van der Waals surface area (Å²) >= 11 is 4.46. The van der Waals surface area contributed by atoms with Crippen LogP contribution < -0.4 is 11.2 Å². The number of thioether (sulfide) groups is 1. The fourth-order valence-corrected chi connectivity index (χ4v) is 4.20. The molecular formula is C19H13BrF3N3O2S. The van der Waals surface area contributed by atoms with Gasteiger partial charge in [-0.25, -0.2) is 4.79 Å². The SMILES string of the molecule is CCSc1ccc(C#N)cc1Cn1c(=O)[nH]c2c(Br)cc(C(F)(F)F)cc2c1=O. The number of alkyl halides is 3. The number of aromatic nitrogens is 2. The van der Waals surface area contributed by atoms with E-state index in [2.05, 4.69) is 20.9 Å². The van der Waals surface area contributed by atoms with Gasteiger partial charge < -0.3 is 4.98 Å². The maximum Gasteiger partial charge on any atom is 0.416 e. The van der Waals surface area contributed by atoms with Crippen molar-refractivity contribution in [3.63, 3.8) is 0 Å². The third-order valence-electron chi connectivity index (χ3n) is 4.19. The molecule has 2 aromatic carbocycles. The molecule has 0 unspecified atom stereocenters. The Morgan fingerprint density at radius 2 is 1.97 bits per heavy atom. The average Bonchev–Trinajstić information content (AvgIpc) is 2.66. The van der Waals surface area contributed by atoms with E-state index < -0.39 is 23.0 Å². The van der Waals surface area contributed by atoms with Crippen LogP contribution in [0.2, 0.25) is 0 Å². The predicted octanol–water partition coefficient (Wildman–Crippen LogP) is 4.50. The molecule has 0 saturated heterocycles. The summed E-state index contributed by atoms with van der Waals surface area (Å²) in [5.41, 5.74) is -1.68. The molecule has 3 aromatic rings. The normalized spacial score (nSPS) is 11.6. The lowest BCUT2D eigenvalue weighted by Crippen LogP contribution is -2.35. The first-order chi connectivity index (χ1) is 13.7. The first-order valence-electron chi connectivity index (χ1n) is 8.35. The van der Waals surface area contributed by atoms with Crippen LogP contribution in [0.25, 0.3) is 10.9 Å². The van der Waals surface area contributed by atoms with E-state index in [1.54, 1.807) is 18.2 Å². The van der Waals surface area contributed by atoms with E-state index in [1.165, 1.54) is 11.8 Å². The molecule has 0 spiro atoms. The fraction of sp³-hybridized carbons (Fsp3) is 0.211. The van der Waals surface area contributed by atoms with E-state index in [0.717, 1.165) is 27.3 Å². The van der Waals surface area contributed by atoms with Crippen molar-refractivity contribution >= 4 is 38.6 Å². The summed E-state index contributed by atoms with van der Waals surface area (Å²) in [7, 11) is 0. The molecule has 3 rings (SSSR count). The zero-order chi connectivity index (χ0) is 21.3. The fourth-order valence-electron chi connectivity index (χ4n) is 2.86. The van der Waals surface area contributed by atoms with Crippen LogP contribution in [0.4, 0.5) is 13.2 Å². The second kappa shape index (κ2) is 8.08. The van der Waals surface area contributed by atoms with Crippen molar-refractivity contribution in [3.05, 3.63) is 72.3 Å². The van der Waals surface area contributed by atoms with Crippen molar-refractivity contribution in [2.75, 3.05) is 5.75 Å². The largest absolute Gasteiger partial charge is 0.416 e. The average molecular weight is 484 g/mol. The van der Waals surface area contributed by atoms with Gasteiger partial charge in [0, 0.05) is 9.37 Å². The number of halogens is 4. The van der Waals surface area contributed by atoms with Gasteiger partial charge in [0.15, 0.2) is 0 Å². The Labute approximate surface area is 175 Å². The third kappa shape index (κ3) is 4.26.